The predicted molar refractivity (Wildman–Crippen MR) is 131 cm³/mol. The molecule has 0 unspecified atom stereocenters. The van der Waals surface area contributed by atoms with Gasteiger partial charge in [-0.1, -0.05) is 24.3 Å². The summed E-state index contributed by atoms with van der Waals surface area (Å²) >= 11 is 0. The Morgan fingerprint density at radius 3 is 1.15 bits per heavy atom. The van der Waals surface area contributed by atoms with Crippen LogP contribution in [0.1, 0.15) is 33.4 Å². The van der Waals surface area contributed by atoms with Gasteiger partial charge in [0.05, 0.1) is 52.9 Å². The van der Waals surface area contributed by atoms with Crippen molar-refractivity contribution < 1.29 is 28.4 Å². The zero-order valence-corrected chi connectivity index (χ0v) is 20.7. The summed E-state index contributed by atoms with van der Waals surface area (Å²) in [6.45, 7) is 9.69. The molecular formula is C28H38O6. The minimum Gasteiger partial charge on any atom is -0.487 e. The number of rotatable bonds is 0. The summed E-state index contributed by atoms with van der Waals surface area (Å²) in [6, 6.07) is 9.15. The van der Waals surface area contributed by atoms with Crippen LogP contribution in [0.3, 0.4) is 0 Å². The van der Waals surface area contributed by atoms with Crippen LogP contribution in [0, 0.1) is 13.8 Å². The van der Waals surface area contributed by atoms with Crippen molar-refractivity contribution in [2.45, 2.75) is 39.5 Å². The average molecular weight is 471 g/mol. The molecule has 2 aromatic rings. The average Bonchev–Trinajstić information content (AvgIpc) is 2.82. The summed E-state index contributed by atoms with van der Waals surface area (Å²) in [5.74, 6) is 1.71. The van der Waals surface area contributed by atoms with Crippen molar-refractivity contribution in [2.24, 2.45) is 0 Å². The maximum atomic E-state index is 6.33. The van der Waals surface area contributed by atoms with Crippen LogP contribution in [-0.4, -0.2) is 66.1 Å². The molecule has 7 rings (SSSR count). The van der Waals surface area contributed by atoms with Crippen LogP contribution >= 0.6 is 0 Å². The van der Waals surface area contributed by atoms with E-state index in [-0.39, 0.29) is 0 Å². The van der Waals surface area contributed by atoms with E-state index in [4.69, 9.17) is 28.4 Å². The fraction of sp³-hybridized carbons (Fsp3) is 0.571. The Kier molecular flexibility index (Phi) is 9.63. The van der Waals surface area contributed by atoms with Crippen molar-refractivity contribution in [3.8, 4) is 11.5 Å². The van der Waals surface area contributed by atoms with Gasteiger partial charge in [-0.2, -0.15) is 0 Å². The Morgan fingerprint density at radius 1 is 0.441 bits per heavy atom. The van der Waals surface area contributed by atoms with Gasteiger partial charge < -0.3 is 28.4 Å². The maximum Gasteiger partial charge on any atom is 0.164 e. The van der Waals surface area contributed by atoms with Crippen molar-refractivity contribution in [2.75, 3.05) is 66.1 Å². The summed E-state index contributed by atoms with van der Waals surface area (Å²) in [7, 11) is 0. The quantitative estimate of drug-likeness (QED) is 0.580. The highest BCUT2D eigenvalue weighted by molar-refractivity contribution is 5.53. The van der Waals surface area contributed by atoms with Crippen molar-refractivity contribution >= 4 is 0 Å². The third-order valence-corrected chi connectivity index (χ3v) is 6.46. The Balaban J connectivity index is 1.56. The molecule has 6 heteroatoms. The molecule has 0 atom stereocenters. The van der Waals surface area contributed by atoms with Gasteiger partial charge in [-0.25, -0.2) is 0 Å². The van der Waals surface area contributed by atoms with Gasteiger partial charge in [0.2, 0.25) is 0 Å². The largest absolute Gasteiger partial charge is 0.487 e. The van der Waals surface area contributed by atoms with Crippen molar-refractivity contribution in [3.63, 3.8) is 0 Å². The summed E-state index contributed by atoms with van der Waals surface area (Å²) < 4.78 is 35.1. The number of ether oxygens (including phenoxy) is 6. The lowest BCUT2D eigenvalue weighted by Crippen LogP contribution is -2.17. The second kappa shape index (κ2) is 13.1. The molecule has 5 aliphatic rings. The van der Waals surface area contributed by atoms with Crippen molar-refractivity contribution in [3.05, 3.63) is 57.6 Å². The normalized spacial score (nSPS) is 19.0. The Labute approximate surface area is 203 Å². The van der Waals surface area contributed by atoms with Gasteiger partial charge in [-0.15, -0.1) is 0 Å². The second-order valence-electron chi connectivity index (χ2n) is 8.89. The molecule has 0 saturated carbocycles. The van der Waals surface area contributed by atoms with E-state index >= 15 is 0 Å². The van der Waals surface area contributed by atoms with E-state index in [9.17, 15) is 0 Å². The summed E-state index contributed by atoms with van der Waals surface area (Å²) in [5, 5.41) is 0. The molecule has 4 aliphatic carbocycles. The highest BCUT2D eigenvalue weighted by atomic mass is 16.6. The van der Waals surface area contributed by atoms with E-state index in [0.717, 1.165) is 37.2 Å². The summed E-state index contributed by atoms with van der Waals surface area (Å²) in [4.78, 5) is 0. The van der Waals surface area contributed by atoms with Crippen molar-refractivity contribution in [1.29, 1.82) is 0 Å². The Bertz CT molecular complexity index is 851. The minimum absolute atomic E-state index is 0.471. The van der Waals surface area contributed by atoms with Crippen molar-refractivity contribution in [1.82, 2.24) is 0 Å². The van der Waals surface area contributed by atoms with Gasteiger partial charge in [0.1, 0.15) is 13.2 Å². The van der Waals surface area contributed by atoms with Crippen LogP contribution in [0.5, 0.6) is 11.5 Å². The highest BCUT2D eigenvalue weighted by Crippen LogP contribution is 2.38. The molecule has 186 valence electrons. The van der Waals surface area contributed by atoms with Crippen LogP contribution < -0.4 is 9.47 Å². The molecule has 0 saturated heterocycles. The van der Waals surface area contributed by atoms with Gasteiger partial charge in [0.25, 0.3) is 0 Å². The van der Waals surface area contributed by atoms with Crippen LogP contribution in [0.4, 0.5) is 0 Å². The molecule has 6 nitrogen and oxygen atoms in total. The minimum atomic E-state index is 0.471. The number of benzene rings is 2. The Morgan fingerprint density at radius 2 is 0.765 bits per heavy atom. The summed E-state index contributed by atoms with van der Waals surface area (Å²) in [6.07, 6.45) is 3.74. The lowest BCUT2D eigenvalue weighted by atomic mass is 9.90. The summed E-state index contributed by atoms with van der Waals surface area (Å²) in [5.41, 5.74) is 7.90. The number of hydrogen-bond acceptors (Lipinski definition) is 6. The fourth-order valence-corrected chi connectivity index (χ4v) is 4.53. The SMILES string of the molecule is Cc1cc2c(C)cc1CCc1ccc(c3c1OCCOCCOCCOCCOCCO3)CC2. The van der Waals surface area contributed by atoms with E-state index in [1.54, 1.807) is 0 Å². The van der Waals surface area contributed by atoms with E-state index < -0.39 is 0 Å². The molecule has 0 spiro atoms. The predicted octanol–water partition coefficient (Wildman–Crippen LogP) is 4.02. The first-order valence-electron chi connectivity index (χ1n) is 12.5. The van der Waals surface area contributed by atoms with Gasteiger partial charge in [0, 0.05) is 0 Å². The number of hydrogen-bond donors (Lipinski definition) is 0. The zero-order chi connectivity index (χ0) is 23.6. The lowest BCUT2D eigenvalue weighted by Gasteiger charge is -2.22. The lowest BCUT2D eigenvalue weighted by molar-refractivity contribution is -0.00850. The Hall–Kier alpha value is -2.12. The van der Waals surface area contributed by atoms with Gasteiger partial charge in [-0.3, -0.25) is 0 Å². The molecule has 0 N–H and O–H groups in total. The van der Waals surface area contributed by atoms with E-state index in [0.29, 0.717) is 66.1 Å². The molecule has 4 bridgehead atoms. The van der Waals surface area contributed by atoms with Crippen LogP contribution in [0.25, 0.3) is 0 Å². The number of aryl methyl sites for hydroxylation is 6. The first-order chi connectivity index (χ1) is 16.7. The molecule has 0 amide bonds. The molecule has 1 aliphatic heterocycles. The molecule has 1 heterocycles. The zero-order valence-electron chi connectivity index (χ0n) is 20.7. The van der Waals surface area contributed by atoms with Crippen LogP contribution in [-0.2, 0) is 44.6 Å². The molecule has 0 radical (unpaired) electrons. The van der Waals surface area contributed by atoms with E-state index in [1.165, 1.54) is 33.4 Å². The van der Waals surface area contributed by atoms with E-state index in [1.807, 2.05) is 0 Å². The molecule has 0 aromatic heterocycles. The first kappa shape index (κ1) is 25.0. The molecule has 34 heavy (non-hydrogen) atoms. The maximum absolute atomic E-state index is 6.33. The smallest absolute Gasteiger partial charge is 0.164 e. The van der Waals surface area contributed by atoms with Gasteiger partial charge in [-0.05, 0) is 72.9 Å². The molecule has 0 fully saturated rings. The van der Waals surface area contributed by atoms with Gasteiger partial charge >= 0.3 is 0 Å². The topological polar surface area (TPSA) is 55.4 Å². The first-order valence-corrected chi connectivity index (χ1v) is 12.5. The highest BCUT2D eigenvalue weighted by Gasteiger charge is 2.19. The fourth-order valence-electron chi connectivity index (χ4n) is 4.53. The monoisotopic (exact) mass is 470 g/mol. The third kappa shape index (κ3) is 6.95. The second-order valence-corrected chi connectivity index (χ2v) is 8.89. The molecule has 2 aromatic carbocycles. The van der Waals surface area contributed by atoms with Crippen LogP contribution in [0.2, 0.25) is 0 Å². The standard InChI is InChI=1S/C28H38O6/c1-21-19-26-8-6-24-4-3-23(5-7-25(21)20-22(26)2)27-28(24)34-18-16-32-14-12-30-10-9-29-11-13-31-15-17-33-27/h3-4,19-20H,5-18H2,1-2H3. The van der Waals surface area contributed by atoms with E-state index in [2.05, 4.69) is 38.1 Å². The third-order valence-electron chi connectivity index (χ3n) is 6.46. The molecular weight excluding hydrogens is 432 g/mol. The van der Waals surface area contributed by atoms with Gasteiger partial charge in [0.15, 0.2) is 11.5 Å². The van der Waals surface area contributed by atoms with Crippen LogP contribution in [0.15, 0.2) is 24.3 Å².